The lowest BCUT2D eigenvalue weighted by Gasteiger charge is -2.35. The summed E-state index contributed by atoms with van der Waals surface area (Å²) in [5.41, 5.74) is 0.399. The fraction of sp³-hybridized carbons (Fsp3) is 0.643. The quantitative estimate of drug-likeness (QED) is 0.712. The largest absolute Gasteiger partial charge is 0.413 e. The Morgan fingerprint density at radius 3 is 2.48 bits per heavy atom. The van der Waals surface area contributed by atoms with Crippen molar-refractivity contribution in [2.24, 2.45) is 0 Å². The molecular weight excluding hydrogens is 354 g/mol. The van der Waals surface area contributed by atoms with Crippen LogP contribution in [0.4, 0.5) is 0 Å². The van der Waals surface area contributed by atoms with Gasteiger partial charge < -0.3 is 4.43 Å². The average molecular weight is 380 g/mol. The van der Waals surface area contributed by atoms with Crippen molar-refractivity contribution in [1.82, 2.24) is 13.3 Å². The van der Waals surface area contributed by atoms with Gasteiger partial charge in [-0.2, -0.15) is 12.7 Å². The van der Waals surface area contributed by atoms with Crippen LogP contribution in [0.25, 0.3) is 5.03 Å². The van der Waals surface area contributed by atoms with Gasteiger partial charge in [0.25, 0.3) is 0 Å². The smallest absolute Gasteiger partial charge is 0.308 e. The molecule has 1 rings (SSSR count). The van der Waals surface area contributed by atoms with E-state index in [2.05, 4.69) is 38.8 Å². The molecule has 0 unspecified atom stereocenters. The number of rotatable bonds is 6. The van der Waals surface area contributed by atoms with Gasteiger partial charge in [0.05, 0.1) is 17.8 Å². The van der Waals surface area contributed by atoms with Crippen LogP contribution in [0.2, 0.25) is 18.1 Å². The molecule has 0 aromatic carbocycles. The second kappa shape index (κ2) is 7.06. The monoisotopic (exact) mass is 379 g/mol. The molecule has 0 spiro atoms. The minimum absolute atomic E-state index is 0.120. The van der Waals surface area contributed by atoms with Crippen molar-refractivity contribution in [3.05, 3.63) is 24.3 Å². The van der Waals surface area contributed by atoms with Crippen LogP contribution < -0.4 is 0 Å². The third-order valence-corrected chi connectivity index (χ3v) is 10.5. The third kappa shape index (κ3) is 4.90. The number of nitrogens with zero attached hydrogens (tertiary/aromatic N) is 3. The van der Waals surface area contributed by atoms with Gasteiger partial charge in [-0.1, -0.05) is 32.4 Å². The summed E-state index contributed by atoms with van der Waals surface area (Å²) in [4.78, 5) is 4.04. The number of aromatic nitrogens is 2. The Labute approximate surface area is 145 Å². The van der Waals surface area contributed by atoms with Crippen LogP contribution in [-0.4, -0.2) is 50.7 Å². The first-order valence-corrected chi connectivity index (χ1v) is 11.9. The van der Waals surface area contributed by atoms with Crippen molar-refractivity contribution in [3.8, 4) is 0 Å². The molecule has 23 heavy (non-hydrogen) atoms. The second-order valence-corrected chi connectivity index (χ2v) is 14.3. The van der Waals surface area contributed by atoms with E-state index in [1.807, 2.05) is 0 Å². The summed E-state index contributed by atoms with van der Waals surface area (Å²) in [6.45, 7) is 11.2. The highest BCUT2D eigenvalue weighted by Gasteiger charge is 2.36. The number of imidazole rings is 1. The molecule has 0 amide bonds. The first kappa shape index (κ1) is 20.4. The van der Waals surface area contributed by atoms with Crippen LogP contribution in [0.3, 0.4) is 0 Å². The molecule has 0 fully saturated rings. The SMILES string of the molecule is CN(C)S(=O)(=O)n1cnc(/C(Cl)=C/CO[Si](C)(C)C(C)(C)C)c1. The Kier molecular flexibility index (Phi) is 6.25. The predicted molar refractivity (Wildman–Crippen MR) is 97.2 cm³/mol. The summed E-state index contributed by atoms with van der Waals surface area (Å²) >= 11 is 6.20. The van der Waals surface area contributed by atoms with Crippen molar-refractivity contribution in [1.29, 1.82) is 0 Å². The van der Waals surface area contributed by atoms with Gasteiger partial charge in [0.15, 0.2) is 8.32 Å². The maximum absolute atomic E-state index is 12.0. The number of hydrogen-bond acceptors (Lipinski definition) is 4. The molecule has 0 saturated carbocycles. The van der Waals surface area contributed by atoms with Gasteiger partial charge in [0.1, 0.15) is 12.0 Å². The Bertz CT molecular complexity index is 676. The fourth-order valence-electron chi connectivity index (χ4n) is 1.39. The van der Waals surface area contributed by atoms with Gasteiger partial charge in [0, 0.05) is 14.1 Å². The molecule has 0 aliphatic heterocycles. The topological polar surface area (TPSA) is 64.4 Å². The first-order chi connectivity index (χ1) is 10.3. The van der Waals surface area contributed by atoms with E-state index in [1.54, 1.807) is 6.08 Å². The predicted octanol–water partition coefficient (Wildman–Crippen LogP) is 3.14. The van der Waals surface area contributed by atoms with Gasteiger partial charge >= 0.3 is 10.2 Å². The highest BCUT2D eigenvalue weighted by molar-refractivity contribution is 7.87. The van der Waals surface area contributed by atoms with E-state index in [9.17, 15) is 8.42 Å². The zero-order valence-corrected chi connectivity index (χ0v) is 17.4. The molecule has 6 nitrogen and oxygen atoms in total. The third-order valence-electron chi connectivity index (χ3n) is 4.05. The average Bonchev–Trinajstić information content (AvgIpc) is 2.86. The van der Waals surface area contributed by atoms with E-state index in [4.69, 9.17) is 16.0 Å². The highest BCUT2D eigenvalue weighted by Crippen LogP contribution is 2.36. The summed E-state index contributed by atoms with van der Waals surface area (Å²) < 4.78 is 32.1. The van der Waals surface area contributed by atoms with E-state index < -0.39 is 18.5 Å². The second-order valence-electron chi connectivity index (χ2n) is 7.00. The van der Waals surface area contributed by atoms with E-state index in [0.29, 0.717) is 17.3 Å². The van der Waals surface area contributed by atoms with E-state index in [1.165, 1.54) is 26.6 Å². The van der Waals surface area contributed by atoms with Gasteiger partial charge in [-0.25, -0.2) is 8.96 Å². The van der Waals surface area contributed by atoms with Gasteiger partial charge in [-0.3, -0.25) is 0 Å². The first-order valence-electron chi connectivity index (χ1n) is 7.26. The molecule has 1 heterocycles. The Balaban J connectivity index is 2.84. The zero-order chi connectivity index (χ0) is 18.1. The molecule has 0 bridgehead atoms. The molecule has 0 radical (unpaired) electrons. The Morgan fingerprint density at radius 2 is 2.00 bits per heavy atom. The molecule has 132 valence electrons. The molecule has 0 saturated heterocycles. The molecule has 0 aliphatic rings. The van der Waals surface area contributed by atoms with Crippen molar-refractivity contribution >= 4 is 35.2 Å². The van der Waals surface area contributed by atoms with Crippen LogP contribution in [0.15, 0.2) is 18.6 Å². The van der Waals surface area contributed by atoms with Crippen LogP contribution in [0.1, 0.15) is 26.5 Å². The maximum Gasteiger partial charge on any atom is 0.308 e. The lowest BCUT2D eigenvalue weighted by Crippen LogP contribution is -2.40. The maximum atomic E-state index is 12.0. The molecule has 1 aromatic heterocycles. The minimum atomic E-state index is -3.58. The zero-order valence-electron chi connectivity index (χ0n) is 14.8. The normalized spacial score (nSPS) is 14.6. The summed E-state index contributed by atoms with van der Waals surface area (Å²) in [6.07, 6.45) is 4.34. The van der Waals surface area contributed by atoms with E-state index >= 15 is 0 Å². The van der Waals surface area contributed by atoms with Crippen LogP contribution in [0, 0.1) is 0 Å². The van der Waals surface area contributed by atoms with Crippen LogP contribution in [0.5, 0.6) is 0 Å². The summed E-state index contributed by atoms with van der Waals surface area (Å²) in [7, 11) is -2.50. The Morgan fingerprint density at radius 1 is 1.43 bits per heavy atom. The van der Waals surface area contributed by atoms with Crippen molar-refractivity contribution in [3.63, 3.8) is 0 Å². The van der Waals surface area contributed by atoms with Gasteiger partial charge in [-0.15, -0.1) is 0 Å². The van der Waals surface area contributed by atoms with Gasteiger partial charge in [-0.05, 0) is 24.2 Å². The molecular formula is C14H26ClN3O3SSi. The molecule has 0 aliphatic carbocycles. The summed E-state index contributed by atoms with van der Waals surface area (Å²) in [5.74, 6) is 0. The molecule has 0 N–H and O–H groups in total. The lowest BCUT2D eigenvalue weighted by molar-refractivity contribution is 0.328. The molecule has 9 heteroatoms. The number of hydrogen-bond donors (Lipinski definition) is 0. The molecule has 1 aromatic rings. The number of halogens is 1. The van der Waals surface area contributed by atoms with Crippen molar-refractivity contribution < 1.29 is 12.8 Å². The van der Waals surface area contributed by atoms with E-state index in [-0.39, 0.29) is 5.04 Å². The lowest BCUT2D eigenvalue weighted by atomic mass is 10.2. The van der Waals surface area contributed by atoms with Crippen molar-refractivity contribution in [2.75, 3.05) is 20.7 Å². The van der Waals surface area contributed by atoms with Crippen molar-refractivity contribution in [2.45, 2.75) is 38.9 Å². The summed E-state index contributed by atoms with van der Waals surface area (Å²) in [5, 5.41) is 0.491. The van der Waals surface area contributed by atoms with Gasteiger partial charge in [0.2, 0.25) is 0 Å². The summed E-state index contributed by atoms with van der Waals surface area (Å²) in [6, 6.07) is 0. The minimum Gasteiger partial charge on any atom is -0.413 e. The van der Waals surface area contributed by atoms with Crippen LogP contribution >= 0.6 is 11.6 Å². The highest BCUT2D eigenvalue weighted by atomic mass is 35.5. The standard InChI is InChI=1S/C14H26ClN3O3SSi/c1-14(2,3)23(6,7)21-9-8-12(15)13-10-18(11-16-13)22(19,20)17(4)5/h8,10-11H,9H2,1-7H3/b12-8-. The van der Waals surface area contributed by atoms with E-state index in [0.717, 1.165) is 8.28 Å². The van der Waals surface area contributed by atoms with Crippen LogP contribution in [-0.2, 0) is 14.6 Å². The molecule has 0 atom stereocenters. The Hall–Kier alpha value is -0.673. The fourth-order valence-corrected chi connectivity index (χ4v) is 3.26.